The number of H-pyrrole nitrogens is 2. The molecule has 0 aliphatic carbocycles. The summed E-state index contributed by atoms with van der Waals surface area (Å²) in [5.74, 6) is -1.41. The molecule has 0 spiro atoms. The third kappa shape index (κ3) is 5.28. The summed E-state index contributed by atoms with van der Waals surface area (Å²) in [4.78, 5) is 28.4. The van der Waals surface area contributed by atoms with Crippen LogP contribution in [0.2, 0.25) is 0 Å². The Morgan fingerprint density at radius 1 is 1.10 bits per heavy atom. The molecular formula is C20H18F3N3O4. The molecule has 0 unspecified atom stereocenters. The second-order valence-corrected chi connectivity index (χ2v) is 6.45. The molecule has 1 aromatic carbocycles. The first kappa shape index (κ1) is 21.2. The highest BCUT2D eigenvalue weighted by atomic mass is 19.4. The van der Waals surface area contributed by atoms with Gasteiger partial charge in [0, 0.05) is 36.0 Å². The van der Waals surface area contributed by atoms with E-state index in [1.807, 2.05) is 0 Å². The minimum absolute atomic E-state index is 0.0627. The minimum Gasteiger partial charge on any atom is -0.469 e. The molecule has 3 aromatic rings. The maximum Gasteiger partial charge on any atom is 0.573 e. The molecule has 0 radical (unpaired) electrons. The number of alkyl halides is 3. The number of rotatable bonds is 7. The predicted molar refractivity (Wildman–Crippen MR) is 100 cm³/mol. The second-order valence-electron chi connectivity index (χ2n) is 6.45. The normalized spacial score (nSPS) is 12.4. The van der Waals surface area contributed by atoms with Gasteiger partial charge in [0.25, 0.3) is 5.56 Å². The molecule has 3 rings (SSSR count). The van der Waals surface area contributed by atoms with Crippen molar-refractivity contribution in [1.29, 1.82) is 0 Å². The number of carbonyl (C=O) groups excluding carboxylic acids is 1. The van der Waals surface area contributed by atoms with Crippen LogP contribution in [0.3, 0.4) is 0 Å². The molecular weight excluding hydrogens is 403 g/mol. The van der Waals surface area contributed by atoms with Crippen LogP contribution in [0.25, 0.3) is 0 Å². The van der Waals surface area contributed by atoms with E-state index >= 15 is 0 Å². The summed E-state index contributed by atoms with van der Waals surface area (Å²) in [5, 5.41) is 5.32. The zero-order valence-corrected chi connectivity index (χ0v) is 15.8. The van der Waals surface area contributed by atoms with E-state index in [1.165, 1.54) is 31.4 Å². The lowest BCUT2D eigenvalue weighted by molar-refractivity contribution is -0.274. The number of halogens is 3. The Bertz CT molecular complexity index is 1040. The van der Waals surface area contributed by atoms with Crippen molar-refractivity contribution in [2.75, 3.05) is 7.11 Å². The molecule has 1 atom stereocenters. The van der Waals surface area contributed by atoms with Gasteiger partial charge in [-0.3, -0.25) is 19.7 Å². The molecule has 2 N–H and O–H groups in total. The average Bonchev–Trinajstić information content (AvgIpc) is 3.07. The summed E-state index contributed by atoms with van der Waals surface area (Å²) in [6.45, 7) is 0. The Hall–Kier alpha value is -3.56. The van der Waals surface area contributed by atoms with Crippen molar-refractivity contribution in [3.63, 3.8) is 0 Å². The van der Waals surface area contributed by atoms with Gasteiger partial charge in [0.15, 0.2) is 0 Å². The summed E-state index contributed by atoms with van der Waals surface area (Å²) in [6, 6.07) is 8.74. The lowest BCUT2D eigenvalue weighted by atomic mass is 9.88. The number of carbonyl (C=O) groups is 1. The number of esters is 1. The molecule has 2 aromatic heterocycles. The van der Waals surface area contributed by atoms with Crippen molar-refractivity contribution >= 4 is 5.97 Å². The zero-order chi connectivity index (χ0) is 21.7. The highest BCUT2D eigenvalue weighted by molar-refractivity contribution is 5.71. The number of aromatic amines is 2. The molecule has 0 aliphatic heterocycles. The smallest absolute Gasteiger partial charge is 0.469 e. The van der Waals surface area contributed by atoms with Crippen LogP contribution in [0, 0.1) is 0 Å². The number of ether oxygens (including phenoxy) is 2. The van der Waals surface area contributed by atoms with E-state index in [1.54, 1.807) is 24.5 Å². The third-order valence-electron chi connectivity index (χ3n) is 4.49. The fraction of sp³-hybridized carbons (Fsp3) is 0.250. The van der Waals surface area contributed by atoms with Crippen LogP contribution in [0.4, 0.5) is 13.2 Å². The number of pyridine rings is 1. The van der Waals surface area contributed by atoms with Crippen LogP contribution in [0.15, 0.2) is 53.6 Å². The maximum atomic E-state index is 12.5. The van der Waals surface area contributed by atoms with Gasteiger partial charge in [-0.05, 0) is 35.4 Å². The van der Waals surface area contributed by atoms with Crippen molar-refractivity contribution in [1.82, 2.24) is 15.2 Å². The van der Waals surface area contributed by atoms with Gasteiger partial charge in [-0.1, -0.05) is 12.1 Å². The quantitative estimate of drug-likeness (QED) is 0.571. The Morgan fingerprint density at radius 2 is 1.77 bits per heavy atom. The van der Waals surface area contributed by atoms with E-state index in [9.17, 15) is 22.8 Å². The summed E-state index contributed by atoms with van der Waals surface area (Å²) < 4.78 is 45.6. The average molecular weight is 421 g/mol. The number of methoxy groups -OCH3 is 1. The molecule has 10 heteroatoms. The number of hydrogen-bond acceptors (Lipinski definition) is 5. The Labute approximate surface area is 168 Å². The third-order valence-corrected chi connectivity index (χ3v) is 4.49. The topological polar surface area (TPSA) is 97.1 Å². The van der Waals surface area contributed by atoms with E-state index < -0.39 is 23.8 Å². The van der Waals surface area contributed by atoms with Gasteiger partial charge in [0.2, 0.25) is 0 Å². The van der Waals surface area contributed by atoms with Gasteiger partial charge in [-0.25, -0.2) is 0 Å². The monoisotopic (exact) mass is 421 g/mol. The summed E-state index contributed by atoms with van der Waals surface area (Å²) in [5.41, 5.74) is 1.81. The van der Waals surface area contributed by atoms with Gasteiger partial charge in [-0.15, -0.1) is 13.2 Å². The van der Waals surface area contributed by atoms with Crippen molar-refractivity contribution in [2.45, 2.75) is 25.1 Å². The van der Waals surface area contributed by atoms with Crippen LogP contribution in [-0.4, -0.2) is 34.6 Å². The molecule has 158 valence electrons. The van der Waals surface area contributed by atoms with Crippen molar-refractivity contribution in [3.05, 3.63) is 81.5 Å². The first-order valence-corrected chi connectivity index (χ1v) is 8.87. The molecule has 7 nitrogen and oxygen atoms in total. The van der Waals surface area contributed by atoms with E-state index in [0.29, 0.717) is 22.4 Å². The van der Waals surface area contributed by atoms with E-state index in [0.717, 1.165) is 0 Å². The Morgan fingerprint density at radius 3 is 2.37 bits per heavy atom. The van der Waals surface area contributed by atoms with Crippen LogP contribution in [0.1, 0.15) is 34.7 Å². The van der Waals surface area contributed by atoms with Crippen molar-refractivity contribution < 1.29 is 27.4 Å². The molecule has 30 heavy (non-hydrogen) atoms. The first-order valence-electron chi connectivity index (χ1n) is 8.87. The number of nitrogens with zero attached hydrogens (tertiary/aromatic N) is 1. The molecule has 0 saturated carbocycles. The SMILES string of the molecule is COC(=O)C[C@@H](c1ccncc1)c1c(Cc2ccc(OC(F)(F)F)cc2)[nH][nH]c1=O. The van der Waals surface area contributed by atoms with E-state index in [-0.39, 0.29) is 18.6 Å². The second kappa shape index (κ2) is 8.85. The van der Waals surface area contributed by atoms with Crippen molar-refractivity contribution in [2.24, 2.45) is 0 Å². The summed E-state index contributed by atoms with van der Waals surface area (Å²) in [6.07, 6.45) is -1.50. The van der Waals surface area contributed by atoms with E-state index in [4.69, 9.17) is 4.74 Å². The molecule has 0 aliphatic rings. The van der Waals surface area contributed by atoms with Gasteiger partial charge >= 0.3 is 12.3 Å². The maximum absolute atomic E-state index is 12.5. The number of benzene rings is 1. The highest BCUT2D eigenvalue weighted by Crippen LogP contribution is 2.29. The first-order chi connectivity index (χ1) is 14.3. The van der Waals surface area contributed by atoms with Gasteiger partial charge in [-0.2, -0.15) is 0 Å². The van der Waals surface area contributed by atoms with Gasteiger partial charge in [0.05, 0.1) is 13.5 Å². The molecule has 0 saturated heterocycles. The fourth-order valence-corrected chi connectivity index (χ4v) is 3.16. The molecule has 2 heterocycles. The van der Waals surface area contributed by atoms with Crippen LogP contribution < -0.4 is 10.3 Å². The van der Waals surface area contributed by atoms with E-state index in [2.05, 4.69) is 19.9 Å². The lowest BCUT2D eigenvalue weighted by Crippen LogP contribution is -2.18. The highest BCUT2D eigenvalue weighted by Gasteiger charge is 2.31. The lowest BCUT2D eigenvalue weighted by Gasteiger charge is -2.16. The van der Waals surface area contributed by atoms with Crippen LogP contribution in [-0.2, 0) is 16.0 Å². The standard InChI is InChI=1S/C20H18F3N3O4/c1-29-17(27)11-15(13-6-8-24-9-7-13)18-16(25-26-19(18)28)10-12-2-4-14(5-3-12)30-20(21,22)23/h2-9,15H,10-11H2,1H3,(H2,25,26,28)/t15-/m0/s1. The summed E-state index contributed by atoms with van der Waals surface area (Å²) in [7, 11) is 1.26. The number of hydrogen-bond donors (Lipinski definition) is 2. The Kier molecular flexibility index (Phi) is 6.24. The summed E-state index contributed by atoms with van der Waals surface area (Å²) >= 11 is 0. The Balaban J connectivity index is 1.91. The van der Waals surface area contributed by atoms with Crippen molar-refractivity contribution in [3.8, 4) is 5.75 Å². The fourth-order valence-electron chi connectivity index (χ4n) is 3.16. The molecule has 0 fully saturated rings. The zero-order valence-electron chi connectivity index (χ0n) is 15.8. The predicted octanol–water partition coefficient (Wildman–Crippen LogP) is 3.28. The van der Waals surface area contributed by atoms with Gasteiger partial charge in [0.1, 0.15) is 5.75 Å². The van der Waals surface area contributed by atoms with Crippen LogP contribution in [0.5, 0.6) is 5.75 Å². The minimum atomic E-state index is -4.77. The molecule has 0 amide bonds. The largest absolute Gasteiger partial charge is 0.573 e. The number of nitrogens with one attached hydrogen (secondary N) is 2. The van der Waals surface area contributed by atoms with Crippen LogP contribution >= 0.6 is 0 Å². The van der Waals surface area contributed by atoms with Gasteiger partial charge < -0.3 is 14.6 Å². The number of aromatic nitrogens is 3. The molecule has 0 bridgehead atoms.